The van der Waals surface area contributed by atoms with Crippen LogP contribution in [0.4, 0.5) is 6.01 Å². The molecule has 0 amide bonds. The average Bonchev–Trinajstić information content (AvgIpc) is 2.74. The molecule has 9 nitrogen and oxygen atoms in total. The maximum absolute atomic E-state index is 8.17. The lowest BCUT2D eigenvalue weighted by molar-refractivity contribution is 0.319. The van der Waals surface area contributed by atoms with E-state index in [1.807, 2.05) is 0 Å². The van der Waals surface area contributed by atoms with Crippen LogP contribution in [0.5, 0.6) is 0 Å². The molecule has 0 radical (unpaired) electrons. The van der Waals surface area contributed by atoms with E-state index in [4.69, 9.17) is 15.4 Å². The smallest absolute Gasteiger partial charge is 0.313 e. The summed E-state index contributed by atoms with van der Waals surface area (Å²) < 4.78 is 9.45. The summed E-state index contributed by atoms with van der Waals surface area (Å²) in [5.74, 6) is 0.118. The lowest BCUT2D eigenvalue weighted by Crippen LogP contribution is -1.82. The van der Waals surface area contributed by atoms with Crippen LogP contribution in [0.15, 0.2) is 14.1 Å². The summed E-state index contributed by atoms with van der Waals surface area (Å²) in [6, 6.07) is -0.0952. The highest BCUT2D eigenvalue weighted by molar-refractivity contribution is 5.72. The number of hydrogen-bond acceptors (Lipinski definition) is 9. The number of rotatable bonds is 2. The SMILES string of the molecule is Nc1nnc(-c2noc(/C=N/O)n2)o1. The molecule has 0 spiro atoms. The van der Waals surface area contributed by atoms with Crippen molar-refractivity contribution in [2.45, 2.75) is 0 Å². The molecule has 2 heterocycles. The third kappa shape index (κ3) is 1.37. The van der Waals surface area contributed by atoms with E-state index >= 15 is 0 Å². The van der Waals surface area contributed by atoms with Crippen molar-refractivity contribution in [3.8, 4) is 11.7 Å². The van der Waals surface area contributed by atoms with Gasteiger partial charge in [0, 0.05) is 0 Å². The van der Waals surface area contributed by atoms with Crippen LogP contribution < -0.4 is 5.73 Å². The largest absolute Gasteiger partial charge is 0.411 e. The number of anilines is 1. The standard InChI is InChI=1S/C5H4N6O3/c6-5-10-9-4(13-5)3-8-2(1-7-12)14-11-3/h1,12H,(H2,6,10)/b7-1+. The van der Waals surface area contributed by atoms with Gasteiger partial charge in [-0.15, -0.1) is 5.10 Å². The van der Waals surface area contributed by atoms with Crippen LogP contribution in [0.3, 0.4) is 0 Å². The molecule has 0 fully saturated rings. The van der Waals surface area contributed by atoms with Gasteiger partial charge in [-0.1, -0.05) is 15.4 Å². The van der Waals surface area contributed by atoms with Gasteiger partial charge in [0.25, 0.3) is 17.6 Å². The van der Waals surface area contributed by atoms with Gasteiger partial charge in [0.1, 0.15) is 6.21 Å². The first-order valence-electron chi connectivity index (χ1n) is 3.40. The number of aromatic nitrogens is 4. The van der Waals surface area contributed by atoms with Crippen LogP contribution in [0, 0.1) is 0 Å². The molecule has 0 unspecified atom stereocenters. The molecular weight excluding hydrogens is 192 g/mol. The minimum absolute atomic E-state index is 0.0132. The number of oxime groups is 1. The van der Waals surface area contributed by atoms with E-state index in [2.05, 4.69) is 30.0 Å². The van der Waals surface area contributed by atoms with E-state index in [-0.39, 0.29) is 23.6 Å². The highest BCUT2D eigenvalue weighted by Crippen LogP contribution is 2.13. The van der Waals surface area contributed by atoms with Crippen LogP contribution in [0.1, 0.15) is 5.89 Å². The summed E-state index contributed by atoms with van der Waals surface area (Å²) in [6.45, 7) is 0. The fourth-order valence-corrected chi connectivity index (χ4v) is 0.749. The first-order chi connectivity index (χ1) is 6.79. The third-order valence-electron chi connectivity index (χ3n) is 1.24. The molecule has 2 aromatic heterocycles. The number of nitrogen functional groups attached to an aromatic ring is 1. The van der Waals surface area contributed by atoms with Gasteiger partial charge in [-0.2, -0.15) is 4.98 Å². The Bertz CT molecular complexity index is 459. The predicted molar refractivity (Wildman–Crippen MR) is 41.4 cm³/mol. The Morgan fingerprint density at radius 3 is 2.93 bits per heavy atom. The first-order valence-corrected chi connectivity index (χ1v) is 3.40. The Labute approximate surface area is 76.2 Å². The normalized spacial score (nSPS) is 11.1. The Kier molecular flexibility index (Phi) is 1.82. The predicted octanol–water partition coefficient (Wildman–Crippen LogP) is -0.490. The summed E-state index contributed by atoms with van der Waals surface area (Å²) in [7, 11) is 0. The maximum atomic E-state index is 8.17. The van der Waals surface area contributed by atoms with Crippen LogP contribution in [-0.2, 0) is 0 Å². The molecule has 0 saturated heterocycles. The highest BCUT2D eigenvalue weighted by Gasteiger charge is 2.13. The van der Waals surface area contributed by atoms with Crippen LogP contribution >= 0.6 is 0 Å². The molecule has 2 rings (SSSR count). The zero-order chi connectivity index (χ0) is 9.97. The maximum Gasteiger partial charge on any atom is 0.313 e. The van der Waals surface area contributed by atoms with Crippen molar-refractivity contribution < 1.29 is 14.1 Å². The topological polar surface area (TPSA) is 136 Å². The lowest BCUT2D eigenvalue weighted by atomic mass is 10.6. The van der Waals surface area contributed by atoms with Gasteiger partial charge >= 0.3 is 6.01 Å². The van der Waals surface area contributed by atoms with Crippen molar-refractivity contribution in [1.82, 2.24) is 20.3 Å². The van der Waals surface area contributed by atoms with Crippen molar-refractivity contribution in [2.24, 2.45) is 5.16 Å². The molecule has 0 aromatic carbocycles. The molecule has 72 valence electrons. The fourth-order valence-electron chi connectivity index (χ4n) is 0.749. The summed E-state index contributed by atoms with van der Waals surface area (Å²) in [6.07, 6.45) is 0.968. The van der Waals surface area contributed by atoms with Gasteiger partial charge in [-0.3, -0.25) is 0 Å². The fraction of sp³-hybridized carbons (Fsp3) is 0. The average molecular weight is 196 g/mol. The minimum Gasteiger partial charge on any atom is -0.411 e. The van der Waals surface area contributed by atoms with Crippen molar-refractivity contribution >= 4 is 12.2 Å². The summed E-state index contributed by atoms with van der Waals surface area (Å²) in [5, 5.41) is 21.3. The quantitative estimate of drug-likeness (QED) is 0.373. The second-order valence-electron chi connectivity index (χ2n) is 2.15. The van der Waals surface area contributed by atoms with E-state index < -0.39 is 0 Å². The zero-order valence-electron chi connectivity index (χ0n) is 6.65. The molecule has 9 heteroatoms. The Balaban J connectivity index is 2.33. The van der Waals surface area contributed by atoms with Crippen LogP contribution in [0.25, 0.3) is 11.7 Å². The van der Waals surface area contributed by atoms with Gasteiger partial charge in [0.2, 0.25) is 0 Å². The van der Waals surface area contributed by atoms with Gasteiger partial charge in [-0.05, 0) is 0 Å². The number of nitrogens with two attached hydrogens (primary N) is 1. The highest BCUT2D eigenvalue weighted by atomic mass is 16.5. The van der Waals surface area contributed by atoms with E-state index in [1.54, 1.807) is 0 Å². The molecule has 0 aliphatic heterocycles. The third-order valence-corrected chi connectivity index (χ3v) is 1.24. The Morgan fingerprint density at radius 2 is 2.29 bits per heavy atom. The molecule has 0 bridgehead atoms. The van der Waals surface area contributed by atoms with Gasteiger partial charge in [-0.25, -0.2) is 0 Å². The van der Waals surface area contributed by atoms with Crippen molar-refractivity contribution in [3.63, 3.8) is 0 Å². The molecule has 0 saturated carbocycles. The second-order valence-corrected chi connectivity index (χ2v) is 2.15. The van der Waals surface area contributed by atoms with Gasteiger partial charge in [0.15, 0.2) is 0 Å². The van der Waals surface area contributed by atoms with E-state index in [9.17, 15) is 0 Å². The molecule has 0 atom stereocenters. The molecule has 0 aliphatic carbocycles. The molecule has 2 aromatic rings. The van der Waals surface area contributed by atoms with Crippen LogP contribution in [-0.4, -0.2) is 31.8 Å². The molecule has 3 N–H and O–H groups in total. The van der Waals surface area contributed by atoms with Gasteiger partial charge in [0.05, 0.1) is 0 Å². The molecule has 0 aliphatic rings. The monoisotopic (exact) mass is 196 g/mol. The second kappa shape index (κ2) is 3.12. The van der Waals surface area contributed by atoms with Crippen LogP contribution in [0.2, 0.25) is 0 Å². The Morgan fingerprint density at radius 1 is 1.43 bits per heavy atom. The molecular formula is C5H4N6O3. The van der Waals surface area contributed by atoms with E-state index in [1.165, 1.54) is 0 Å². The Hall–Kier alpha value is -2.45. The van der Waals surface area contributed by atoms with Gasteiger partial charge < -0.3 is 19.9 Å². The molecule has 14 heavy (non-hydrogen) atoms. The first kappa shape index (κ1) is 8.16. The summed E-state index contributed by atoms with van der Waals surface area (Å²) in [4.78, 5) is 3.74. The number of nitrogens with zero attached hydrogens (tertiary/aromatic N) is 5. The van der Waals surface area contributed by atoms with E-state index in [0.717, 1.165) is 6.21 Å². The summed E-state index contributed by atoms with van der Waals surface area (Å²) in [5.41, 5.74) is 5.19. The van der Waals surface area contributed by atoms with Crippen molar-refractivity contribution in [1.29, 1.82) is 0 Å². The van der Waals surface area contributed by atoms with Crippen molar-refractivity contribution in [3.05, 3.63) is 5.89 Å². The number of hydrogen-bond donors (Lipinski definition) is 2. The van der Waals surface area contributed by atoms with Crippen molar-refractivity contribution in [2.75, 3.05) is 5.73 Å². The van der Waals surface area contributed by atoms with E-state index in [0.29, 0.717) is 0 Å². The lowest BCUT2D eigenvalue weighted by Gasteiger charge is -1.78. The zero-order valence-corrected chi connectivity index (χ0v) is 6.65. The minimum atomic E-state index is -0.0952. The summed E-state index contributed by atoms with van der Waals surface area (Å²) >= 11 is 0.